The van der Waals surface area contributed by atoms with Gasteiger partial charge in [-0.2, -0.15) is 0 Å². The molecule has 1 aromatic rings. The number of carbonyl (C=O) groups is 1. The summed E-state index contributed by atoms with van der Waals surface area (Å²) in [5.41, 5.74) is 0. The maximum atomic E-state index is 10.2. The van der Waals surface area contributed by atoms with Gasteiger partial charge in [0.05, 0.1) is 0 Å². The summed E-state index contributed by atoms with van der Waals surface area (Å²) >= 11 is 11.2. The number of rotatable bonds is 2. The Kier molecular flexibility index (Phi) is 2.42. The molecule has 1 aromatic heterocycles. The van der Waals surface area contributed by atoms with E-state index < -0.39 is 5.97 Å². The number of halogens is 2. The molecule has 0 bridgehead atoms. The van der Waals surface area contributed by atoms with E-state index in [-0.39, 0.29) is 6.54 Å². The predicted molar refractivity (Wildman–Crippen MR) is 42.1 cm³/mol. The van der Waals surface area contributed by atoms with Gasteiger partial charge < -0.3 is 9.67 Å². The monoisotopic (exact) mass is 193 g/mol. The minimum absolute atomic E-state index is 0.204. The van der Waals surface area contributed by atoms with Crippen molar-refractivity contribution in [2.75, 3.05) is 0 Å². The van der Waals surface area contributed by atoms with Crippen LogP contribution >= 0.6 is 23.2 Å². The molecule has 0 spiro atoms. The fourth-order valence-electron chi connectivity index (χ4n) is 0.706. The van der Waals surface area contributed by atoms with Crippen LogP contribution in [0.15, 0.2) is 12.1 Å². The topological polar surface area (TPSA) is 42.2 Å². The summed E-state index contributed by atoms with van der Waals surface area (Å²) in [5.74, 6) is -0.968. The molecule has 0 aromatic carbocycles. The van der Waals surface area contributed by atoms with Gasteiger partial charge in [-0.3, -0.25) is 4.79 Å². The SMILES string of the molecule is O=C(O)Cn1c(Cl)ccc1Cl. The predicted octanol–water partition coefficient (Wildman–Crippen LogP) is 1.88. The van der Waals surface area contributed by atoms with Gasteiger partial charge in [-0.25, -0.2) is 0 Å². The Morgan fingerprint density at radius 3 is 2.27 bits per heavy atom. The number of carboxylic acid groups (broad SMARTS) is 1. The number of hydrogen-bond donors (Lipinski definition) is 1. The van der Waals surface area contributed by atoms with Crippen LogP contribution in [0.4, 0.5) is 0 Å². The van der Waals surface area contributed by atoms with Crippen molar-refractivity contribution in [3.63, 3.8) is 0 Å². The third kappa shape index (κ3) is 1.88. The third-order valence-corrected chi connectivity index (χ3v) is 1.83. The number of aliphatic carboxylic acids is 1. The third-order valence-electron chi connectivity index (χ3n) is 1.17. The lowest BCUT2D eigenvalue weighted by molar-refractivity contribution is -0.137. The van der Waals surface area contributed by atoms with Gasteiger partial charge in [0.15, 0.2) is 0 Å². The molecule has 11 heavy (non-hydrogen) atoms. The largest absolute Gasteiger partial charge is 0.480 e. The van der Waals surface area contributed by atoms with Gasteiger partial charge >= 0.3 is 5.97 Å². The average Bonchev–Trinajstić information content (AvgIpc) is 2.18. The van der Waals surface area contributed by atoms with Crippen molar-refractivity contribution in [3.8, 4) is 0 Å². The van der Waals surface area contributed by atoms with Crippen LogP contribution in [0.25, 0.3) is 0 Å². The van der Waals surface area contributed by atoms with Gasteiger partial charge in [0.2, 0.25) is 0 Å². The molecular weight excluding hydrogens is 189 g/mol. The highest BCUT2D eigenvalue weighted by molar-refractivity contribution is 6.33. The van der Waals surface area contributed by atoms with Crippen LogP contribution in [0, 0.1) is 0 Å². The molecule has 0 saturated carbocycles. The Labute approximate surface area is 73.1 Å². The van der Waals surface area contributed by atoms with Crippen molar-refractivity contribution in [1.29, 1.82) is 0 Å². The smallest absolute Gasteiger partial charge is 0.323 e. The minimum Gasteiger partial charge on any atom is -0.480 e. The first-order chi connectivity index (χ1) is 5.11. The molecule has 0 amide bonds. The van der Waals surface area contributed by atoms with Crippen LogP contribution in [-0.4, -0.2) is 15.6 Å². The van der Waals surface area contributed by atoms with Crippen LogP contribution in [0.1, 0.15) is 0 Å². The molecule has 1 N–H and O–H groups in total. The lowest BCUT2D eigenvalue weighted by atomic mass is 10.6. The molecule has 1 heterocycles. The summed E-state index contributed by atoms with van der Waals surface area (Å²) in [4.78, 5) is 10.2. The molecule has 0 aliphatic heterocycles. The van der Waals surface area contributed by atoms with Crippen LogP contribution in [0.3, 0.4) is 0 Å². The quantitative estimate of drug-likeness (QED) is 0.780. The Morgan fingerprint density at radius 1 is 1.45 bits per heavy atom. The maximum Gasteiger partial charge on any atom is 0.323 e. The Bertz CT molecular complexity index is 263. The molecule has 3 nitrogen and oxygen atoms in total. The summed E-state index contributed by atoms with van der Waals surface area (Å²) in [6, 6.07) is 3.10. The molecule has 0 atom stereocenters. The van der Waals surface area contributed by atoms with Crippen LogP contribution in [0.5, 0.6) is 0 Å². The second-order valence-electron chi connectivity index (χ2n) is 1.96. The first-order valence-electron chi connectivity index (χ1n) is 2.83. The highest BCUT2D eigenvalue weighted by Crippen LogP contribution is 2.18. The molecule has 0 aliphatic rings. The standard InChI is InChI=1S/C6H5Cl2NO2/c7-4-1-2-5(8)9(4)3-6(10)11/h1-2H,3H2,(H,10,11). The van der Waals surface area contributed by atoms with E-state index in [1.54, 1.807) is 12.1 Å². The normalized spacial score (nSPS) is 10.0. The van der Waals surface area contributed by atoms with Crippen molar-refractivity contribution < 1.29 is 9.90 Å². The molecular formula is C6H5Cl2NO2. The molecule has 1 rings (SSSR count). The van der Waals surface area contributed by atoms with E-state index in [0.717, 1.165) is 0 Å². The summed E-state index contributed by atoms with van der Waals surface area (Å²) in [5, 5.41) is 9.06. The van der Waals surface area contributed by atoms with Gasteiger partial charge in [-0.15, -0.1) is 0 Å². The van der Waals surface area contributed by atoms with Crippen molar-refractivity contribution >= 4 is 29.2 Å². The fraction of sp³-hybridized carbons (Fsp3) is 0.167. The summed E-state index contributed by atoms with van der Waals surface area (Å²) in [6.45, 7) is -0.204. The lowest BCUT2D eigenvalue weighted by Gasteiger charge is -2.00. The van der Waals surface area contributed by atoms with Gasteiger partial charge in [0, 0.05) is 0 Å². The van der Waals surface area contributed by atoms with Crippen LogP contribution in [-0.2, 0) is 11.3 Å². The zero-order valence-corrected chi connectivity index (χ0v) is 6.93. The summed E-state index contributed by atoms with van der Waals surface area (Å²) in [7, 11) is 0. The molecule has 0 fully saturated rings. The van der Waals surface area contributed by atoms with Crippen molar-refractivity contribution in [2.24, 2.45) is 0 Å². The molecule has 0 aliphatic carbocycles. The van der Waals surface area contributed by atoms with E-state index in [4.69, 9.17) is 28.3 Å². The van der Waals surface area contributed by atoms with Gasteiger partial charge in [0.25, 0.3) is 0 Å². The van der Waals surface area contributed by atoms with E-state index in [0.29, 0.717) is 10.3 Å². The molecule has 60 valence electrons. The van der Waals surface area contributed by atoms with E-state index in [1.807, 2.05) is 0 Å². The van der Waals surface area contributed by atoms with Crippen LogP contribution in [0.2, 0.25) is 10.3 Å². The first kappa shape index (κ1) is 8.43. The van der Waals surface area contributed by atoms with E-state index in [1.165, 1.54) is 4.57 Å². The Balaban J connectivity index is 2.92. The molecule has 0 saturated heterocycles. The zero-order valence-electron chi connectivity index (χ0n) is 5.42. The summed E-state index contributed by atoms with van der Waals surface area (Å²) < 4.78 is 1.30. The number of aromatic nitrogens is 1. The highest BCUT2D eigenvalue weighted by Gasteiger charge is 2.06. The number of hydrogen-bond acceptors (Lipinski definition) is 1. The number of carboxylic acids is 1. The molecule has 0 unspecified atom stereocenters. The van der Waals surface area contributed by atoms with Gasteiger partial charge in [-0.1, -0.05) is 23.2 Å². The summed E-state index contributed by atoms with van der Waals surface area (Å²) in [6.07, 6.45) is 0. The van der Waals surface area contributed by atoms with Crippen LogP contribution < -0.4 is 0 Å². The molecule has 5 heteroatoms. The van der Waals surface area contributed by atoms with Gasteiger partial charge in [0.1, 0.15) is 16.9 Å². The average molecular weight is 194 g/mol. The van der Waals surface area contributed by atoms with Gasteiger partial charge in [-0.05, 0) is 12.1 Å². The van der Waals surface area contributed by atoms with Crippen molar-refractivity contribution in [2.45, 2.75) is 6.54 Å². The lowest BCUT2D eigenvalue weighted by Crippen LogP contribution is -2.08. The maximum absolute atomic E-state index is 10.2. The van der Waals surface area contributed by atoms with E-state index in [9.17, 15) is 4.79 Å². The second-order valence-corrected chi connectivity index (χ2v) is 2.73. The zero-order chi connectivity index (χ0) is 8.43. The van der Waals surface area contributed by atoms with Crippen molar-refractivity contribution in [1.82, 2.24) is 4.57 Å². The molecule has 0 radical (unpaired) electrons. The first-order valence-corrected chi connectivity index (χ1v) is 3.59. The number of nitrogens with zero attached hydrogens (tertiary/aromatic N) is 1. The second kappa shape index (κ2) is 3.15. The Morgan fingerprint density at radius 2 is 1.91 bits per heavy atom. The minimum atomic E-state index is -0.968. The highest BCUT2D eigenvalue weighted by atomic mass is 35.5. The van der Waals surface area contributed by atoms with Crippen molar-refractivity contribution in [3.05, 3.63) is 22.4 Å². The van der Waals surface area contributed by atoms with E-state index in [2.05, 4.69) is 0 Å². The fourth-order valence-corrected chi connectivity index (χ4v) is 1.18. The van der Waals surface area contributed by atoms with E-state index >= 15 is 0 Å². The Hall–Kier alpha value is -0.670.